The van der Waals surface area contributed by atoms with Crippen molar-refractivity contribution in [1.29, 1.82) is 0 Å². The molecule has 2 aromatic rings. The highest BCUT2D eigenvalue weighted by Crippen LogP contribution is 2.23. The molecular formula is C18H19ClFNO2S. The van der Waals surface area contributed by atoms with E-state index in [1.54, 1.807) is 31.2 Å². The van der Waals surface area contributed by atoms with Crippen molar-refractivity contribution >= 4 is 29.3 Å². The number of nitrogens with one attached hydrogen (secondary N) is 1. The maximum Gasteiger partial charge on any atom is 0.260 e. The number of hydrogen-bond acceptors (Lipinski definition) is 3. The summed E-state index contributed by atoms with van der Waals surface area (Å²) in [5.74, 6) is 1.31. The molecule has 1 N–H and O–H groups in total. The fourth-order valence-electron chi connectivity index (χ4n) is 1.99. The van der Waals surface area contributed by atoms with E-state index >= 15 is 0 Å². The predicted molar refractivity (Wildman–Crippen MR) is 97.1 cm³/mol. The van der Waals surface area contributed by atoms with Gasteiger partial charge in [-0.15, -0.1) is 0 Å². The van der Waals surface area contributed by atoms with Gasteiger partial charge < -0.3 is 10.1 Å². The first-order valence-corrected chi connectivity index (χ1v) is 9.11. The Hall–Kier alpha value is -1.72. The van der Waals surface area contributed by atoms with Crippen LogP contribution in [0, 0.1) is 5.82 Å². The molecule has 0 fully saturated rings. The van der Waals surface area contributed by atoms with Crippen molar-refractivity contribution in [1.82, 2.24) is 5.32 Å². The number of rotatable bonds is 8. The zero-order valence-corrected chi connectivity index (χ0v) is 14.9. The van der Waals surface area contributed by atoms with Crippen LogP contribution in [0.4, 0.5) is 4.39 Å². The van der Waals surface area contributed by atoms with Crippen LogP contribution >= 0.6 is 23.4 Å². The van der Waals surface area contributed by atoms with E-state index in [0.29, 0.717) is 34.4 Å². The van der Waals surface area contributed by atoms with Crippen LogP contribution in [-0.4, -0.2) is 24.3 Å². The number of ether oxygens (including phenoxy) is 1. The van der Waals surface area contributed by atoms with Crippen LogP contribution in [-0.2, 0) is 10.5 Å². The van der Waals surface area contributed by atoms with Gasteiger partial charge in [-0.05, 0) is 31.2 Å². The molecular weight excluding hydrogens is 349 g/mol. The molecule has 0 aliphatic carbocycles. The van der Waals surface area contributed by atoms with Crippen molar-refractivity contribution < 1.29 is 13.9 Å². The lowest BCUT2D eigenvalue weighted by atomic mass is 10.2. The van der Waals surface area contributed by atoms with E-state index in [0.717, 1.165) is 0 Å². The smallest absolute Gasteiger partial charge is 0.260 e. The molecule has 1 amide bonds. The minimum absolute atomic E-state index is 0.177. The molecule has 0 heterocycles. The first-order chi connectivity index (χ1) is 11.6. The highest BCUT2D eigenvalue weighted by atomic mass is 35.5. The van der Waals surface area contributed by atoms with Gasteiger partial charge in [-0.3, -0.25) is 4.79 Å². The van der Waals surface area contributed by atoms with Crippen LogP contribution in [0.1, 0.15) is 12.5 Å². The van der Waals surface area contributed by atoms with Crippen LogP contribution in [0.15, 0.2) is 48.5 Å². The third-order valence-electron chi connectivity index (χ3n) is 3.28. The summed E-state index contributed by atoms with van der Waals surface area (Å²) in [6.45, 7) is 2.19. The second-order valence-electron chi connectivity index (χ2n) is 5.12. The van der Waals surface area contributed by atoms with Crippen molar-refractivity contribution in [3.63, 3.8) is 0 Å². The molecule has 2 rings (SSSR count). The van der Waals surface area contributed by atoms with Gasteiger partial charge in [0, 0.05) is 28.6 Å². The summed E-state index contributed by atoms with van der Waals surface area (Å²) >= 11 is 7.48. The zero-order chi connectivity index (χ0) is 17.4. The van der Waals surface area contributed by atoms with Gasteiger partial charge >= 0.3 is 0 Å². The molecule has 6 heteroatoms. The highest BCUT2D eigenvalue weighted by molar-refractivity contribution is 7.98. The largest absolute Gasteiger partial charge is 0.481 e. The average Bonchev–Trinajstić information content (AvgIpc) is 2.57. The Bertz CT molecular complexity index is 649. The summed E-state index contributed by atoms with van der Waals surface area (Å²) in [7, 11) is 0. The SMILES string of the molecule is C[C@@H](Oc1ccccc1)C(=O)NCCSCc1c(F)cccc1Cl. The molecule has 1 atom stereocenters. The van der Waals surface area contributed by atoms with E-state index in [-0.39, 0.29) is 11.7 Å². The van der Waals surface area contributed by atoms with E-state index in [4.69, 9.17) is 16.3 Å². The van der Waals surface area contributed by atoms with Crippen LogP contribution in [0.25, 0.3) is 0 Å². The Balaban J connectivity index is 1.67. The molecule has 0 unspecified atom stereocenters. The standard InChI is InChI=1S/C18H19ClFNO2S/c1-13(23-14-6-3-2-4-7-14)18(22)21-10-11-24-12-15-16(19)8-5-9-17(15)20/h2-9,13H,10-12H2,1H3,(H,21,22)/t13-/m1/s1. The average molecular weight is 368 g/mol. The fourth-order valence-corrected chi connectivity index (χ4v) is 3.19. The lowest BCUT2D eigenvalue weighted by molar-refractivity contribution is -0.127. The maximum atomic E-state index is 13.6. The van der Waals surface area contributed by atoms with Crippen molar-refractivity contribution in [2.75, 3.05) is 12.3 Å². The summed E-state index contributed by atoms with van der Waals surface area (Å²) in [4.78, 5) is 12.0. The van der Waals surface area contributed by atoms with Gasteiger partial charge in [0.15, 0.2) is 6.10 Å². The first-order valence-electron chi connectivity index (χ1n) is 7.58. The van der Waals surface area contributed by atoms with Crippen molar-refractivity contribution in [3.8, 4) is 5.75 Å². The van der Waals surface area contributed by atoms with Gasteiger partial charge in [-0.25, -0.2) is 4.39 Å². The number of carbonyl (C=O) groups is 1. The van der Waals surface area contributed by atoms with Crippen LogP contribution in [0.2, 0.25) is 5.02 Å². The summed E-state index contributed by atoms with van der Waals surface area (Å²) in [5.41, 5.74) is 0.497. The Morgan fingerprint density at radius 1 is 1.25 bits per heavy atom. The highest BCUT2D eigenvalue weighted by Gasteiger charge is 2.14. The zero-order valence-electron chi connectivity index (χ0n) is 13.3. The fraction of sp³-hybridized carbons (Fsp3) is 0.278. The second-order valence-corrected chi connectivity index (χ2v) is 6.63. The van der Waals surface area contributed by atoms with Gasteiger partial charge in [0.05, 0.1) is 0 Å². The Morgan fingerprint density at radius 3 is 2.71 bits per heavy atom. The van der Waals surface area contributed by atoms with Gasteiger partial charge in [0.25, 0.3) is 5.91 Å². The van der Waals surface area contributed by atoms with E-state index in [9.17, 15) is 9.18 Å². The second kappa shape index (κ2) is 9.55. The Labute approximate surface area is 150 Å². The van der Waals surface area contributed by atoms with Crippen molar-refractivity contribution in [2.45, 2.75) is 18.8 Å². The molecule has 24 heavy (non-hydrogen) atoms. The summed E-state index contributed by atoms with van der Waals surface area (Å²) < 4.78 is 19.2. The molecule has 0 spiro atoms. The maximum absolute atomic E-state index is 13.6. The molecule has 0 aliphatic rings. The first kappa shape index (κ1) is 18.6. The number of benzene rings is 2. The van der Waals surface area contributed by atoms with E-state index in [1.165, 1.54) is 17.8 Å². The molecule has 0 bridgehead atoms. The van der Waals surface area contributed by atoms with E-state index < -0.39 is 6.10 Å². The van der Waals surface area contributed by atoms with Gasteiger partial charge in [0.1, 0.15) is 11.6 Å². The summed E-state index contributed by atoms with van der Waals surface area (Å²) in [5, 5.41) is 3.23. The van der Waals surface area contributed by atoms with E-state index in [1.807, 2.05) is 18.2 Å². The molecule has 0 saturated heterocycles. The normalized spacial score (nSPS) is 11.8. The third-order valence-corrected chi connectivity index (χ3v) is 4.62. The molecule has 0 aliphatic heterocycles. The van der Waals surface area contributed by atoms with Gasteiger partial charge in [-0.1, -0.05) is 35.9 Å². The lowest BCUT2D eigenvalue weighted by Crippen LogP contribution is -2.37. The molecule has 0 saturated carbocycles. The Morgan fingerprint density at radius 2 is 2.00 bits per heavy atom. The van der Waals surface area contributed by atoms with Crippen molar-refractivity contribution in [2.24, 2.45) is 0 Å². The minimum atomic E-state index is -0.571. The third kappa shape index (κ3) is 5.73. The molecule has 128 valence electrons. The number of carbonyl (C=O) groups excluding carboxylic acids is 1. The lowest BCUT2D eigenvalue weighted by Gasteiger charge is -2.14. The molecule has 0 aromatic heterocycles. The Kier molecular flexibility index (Phi) is 7.40. The van der Waals surface area contributed by atoms with Crippen LogP contribution in [0.5, 0.6) is 5.75 Å². The number of halogens is 2. The van der Waals surface area contributed by atoms with Crippen molar-refractivity contribution in [3.05, 3.63) is 64.9 Å². The van der Waals surface area contributed by atoms with E-state index in [2.05, 4.69) is 5.32 Å². The monoisotopic (exact) mass is 367 g/mol. The quantitative estimate of drug-likeness (QED) is 0.707. The number of amides is 1. The van der Waals surface area contributed by atoms with Crippen LogP contribution in [0.3, 0.4) is 0 Å². The molecule has 0 radical (unpaired) electrons. The molecule has 3 nitrogen and oxygen atoms in total. The van der Waals surface area contributed by atoms with Gasteiger partial charge in [0.2, 0.25) is 0 Å². The topological polar surface area (TPSA) is 38.3 Å². The van der Waals surface area contributed by atoms with Crippen LogP contribution < -0.4 is 10.1 Å². The minimum Gasteiger partial charge on any atom is -0.481 e. The number of para-hydroxylation sites is 1. The van der Waals surface area contributed by atoms with Gasteiger partial charge in [-0.2, -0.15) is 11.8 Å². The number of hydrogen-bond donors (Lipinski definition) is 1. The summed E-state index contributed by atoms with van der Waals surface area (Å²) in [6, 6.07) is 13.8. The summed E-state index contributed by atoms with van der Waals surface area (Å²) in [6.07, 6.45) is -0.571. The molecule has 2 aromatic carbocycles. The predicted octanol–water partition coefficient (Wildman–Crippen LogP) is 4.30. The number of thioether (sulfide) groups is 1.